The molecule has 1 amide bonds. The largest absolute Gasteiger partial charge is 0.358 e. The summed E-state index contributed by atoms with van der Waals surface area (Å²) in [6.07, 6.45) is 1.47. The highest BCUT2D eigenvalue weighted by molar-refractivity contribution is 7.91. The number of nitrogens with one attached hydrogen (secondary N) is 2. The number of amides is 1. The number of sulfone groups is 1. The van der Waals surface area contributed by atoms with Gasteiger partial charge in [-0.05, 0) is 18.6 Å². The number of aromatic nitrogens is 1. The van der Waals surface area contributed by atoms with Crippen molar-refractivity contribution in [3.63, 3.8) is 0 Å². The number of fused-ring (bicyclic) bond motifs is 1. The number of halogens is 1. The summed E-state index contributed by atoms with van der Waals surface area (Å²) in [7, 11) is -3.12. The Morgan fingerprint density at radius 1 is 1.36 bits per heavy atom. The van der Waals surface area contributed by atoms with Crippen molar-refractivity contribution < 1.29 is 17.6 Å². The molecule has 6 nitrogen and oxygen atoms in total. The van der Waals surface area contributed by atoms with Gasteiger partial charge < -0.3 is 10.3 Å². The molecule has 2 aromatic rings. The van der Waals surface area contributed by atoms with Gasteiger partial charge in [-0.3, -0.25) is 9.59 Å². The monoisotopic (exact) mass is 324 g/mol. The molecule has 2 N–H and O–H groups in total. The summed E-state index contributed by atoms with van der Waals surface area (Å²) >= 11 is 0. The Morgan fingerprint density at radius 3 is 2.82 bits per heavy atom. The van der Waals surface area contributed by atoms with Gasteiger partial charge in [0.15, 0.2) is 9.84 Å². The van der Waals surface area contributed by atoms with Gasteiger partial charge in [0.25, 0.3) is 5.91 Å². The van der Waals surface area contributed by atoms with E-state index in [1.54, 1.807) is 0 Å². The van der Waals surface area contributed by atoms with E-state index in [0.29, 0.717) is 6.42 Å². The minimum Gasteiger partial charge on any atom is -0.358 e. The first kappa shape index (κ1) is 14.7. The normalized spacial score (nSPS) is 20.1. The van der Waals surface area contributed by atoms with Gasteiger partial charge in [0, 0.05) is 17.6 Å². The van der Waals surface area contributed by atoms with Gasteiger partial charge in [0.1, 0.15) is 11.4 Å². The summed E-state index contributed by atoms with van der Waals surface area (Å²) in [5.74, 6) is -1.34. The number of rotatable bonds is 2. The Hall–Kier alpha value is -2.22. The van der Waals surface area contributed by atoms with E-state index in [2.05, 4.69) is 10.3 Å². The van der Waals surface area contributed by atoms with Crippen LogP contribution in [0.4, 0.5) is 4.39 Å². The summed E-state index contributed by atoms with van der Waals surface area (Å²) in [5.41, 5.74) is -0.721. The molecule has 116 valence electrons. The van der Waals surface area contributed by atoms with Crippen molar-refractivity contribution in [2.75, 3.05) is 11.5 Å². The molecular formula is C14H13FN2O4S. The highest BCUT2D eigenvalue weighted by Crippen LogP contribution is 2.14. The van der Waals surface area contributed by atoms with Crippen molar-refractivity contribution in [1.82, 2.24) is 10.3 Å². The average molecular weight is 324 g/mol. The fraction of sp³-hybridized carbons (Fsp3) is 0.286. The lowest BCUT2D eigenvalue weighted by molar-refractivity contribution is 0.0940. The van der Waals surface area contributed by atoms with Crippen LogP contribution in [-0.4, -0.2) is 36.9 Å². The molecule has 0 radical (unpaired) electrons. The van der Waals surface area contributed by atoms with E-state index >= 15 is 0 Å². The maximum Gasteiger partial charge on any atom is 0.257 e. The van der Waals surface area contributed by atoms with Crippen LogP contribution in [0.5, 0.6) is 0 Å². The minimum absolute atomic E-state index is 0.0250. The van der Waals surface area contributed by atoms with Crippen LogP contribution in [0.25, 0.3) is 10.9 Å². The molecule has 1 fully saturated rings. The Bertz CT molecular complexity index is 920. The standard InChI is InChI=1S/C14H13FN2O4S/c15-11-3-1-2-9-12(11)16-6-10(13(9)18)14(19)17-8-4-5-22(20,21)7-8/h1-3,6,8H,4-5,7H2,(H,16,18)(H,17,19)/t8-/m0/s1. The summed E-state index contributed by atoms with van der Waals surface area (Å²) in [6, 6.07) is 3.52. The minimum atomic E-state index is -3.12. The van der Waals surface area contributed by atoms with Gasteiger partial charge in [-0.1, -0.05) is 6.07 Å². The topological polar surface area (TPSA) is 96.1 Å². The van der Waals surface area contributed by atoms with Crippen LogP contribution in [0.2, 0.25) is 0 Å². The molecule has 1 aliphatic heterocycles. The Kier molecular flexibility index (Phi) is 3.48. The molecule has 0 bridgehead atoms. The van der Waals surface area contributed by atoms with E-state index in [-0.39, 0.29) is 28.0 Å². The molecular weight excluding hydrogens is 311 g/mol. The fourth-order valence-corrected chi connectivity index (χ4v) is 4.23. The number of pyridine rings is 1. The Morgan fingerprint density at radius 2 is 2.14 bits per heavy atom. The number of benzene rings is 1. The van der Waals surface area contributed by atoms with Crippen molar-refractivity contribution in [3.8, 4) is 0 Å². The van der Waals surface area contributed by atoms with Gasteiger partial charge >= 0.3 is 0 Å². The third kappa shape index (κ3) is 2.61. The predicted molar refractivity (Wildman–Crippen MR) is 79.1 cm³/mol. The number of para-hydroxylation sites is 1. The molecule has 1 aliphatic rings. The quantitative estimate of drug-likeness (QED) is 0.845. The maximum atomic E-state index is 13.6. The number of carbonyl (C=O) groups excluding carboxylic acids is 1. The predicted octanol–water partition coefficient (Wildman–Crippen LogP) is 0.584. The van der Waals surface area contributed by atoms with Crippen molar-refractivity contribution in [3.05, 3.63) is 46.0 Å². The first-order valence-corrected chi connectivity index (χ1v) is 8.51. The van der Waals surface area contributed by atoms with E-state index < -0.39 is 33.0 Å². The molecule has 0 saturated carbocycles. The number of hydrogen-bond acceptors (Lipinski definition) is 4. The summed E-state index contributed by atoms with van der Waals surface area (Å²) in [6.45, 7) is 0. The van der Waals surface area contributed by atoms with Gasteiger partial charge in [-0.2, -0.15) is 0 Å². The SMILES string of the molecule is O=C(N[C@H]1CCS(=O)(=O)C1)c1c[nH]c2c(F)cccc2c1=O. The van der Waals surface area contributed by atoms with Crippen molar-refractivity contribution in [2.24, 2.45) is 0 Å². The lowest BCUT2D eigenvalue weighted by Gasteiger charge is -2.10. The third-order valence-corrected chi connectivity index (χ3v) is 5.44. The summed E-state index contributed by atoms with van der Waals surface area (Å²) < 4.78 is 36.3. The van der Waals surface area contributed by atoms with Crippen LogP contribution in [0, 0.1) is 5.82 Å². The maximum absolute atomic E-state index is 13.6. The van der Waals surface area contributed by atoms with Crippen molar-refractivity contribution in [2.45, 2.75) is 12.5 Å². The highest BCUT2D eigenvalue weighted by atomic mass is 32.2. The van der Waals surface area contributed by atoms with Gasteiger partial charge in [0.2, 0.25) is 5.43 Å². The van der Waals surface area contributed by atoms with Crippen LogP contribution in [0.1, 0.15) is 16.8 Å². The smallest absolute Gasteiger partial charge is 0.257 e. The molecule has 0 aliphatic carbocycles. The fourth-order valence-electron chi connectivity index (χ4n) is 2.56. The lowest BCUT2D eigenvalue weighted by Crippen LogP contribution is -2.38. The van der Waals surface area contributed by atoms with Crippen LogP contribution in [0.15, 0.2) is 29.2 Å². The second-order valence-electron chi connectivity index (χ2n) is 5.27. The molecule has 0 unspecified atom stereocenters. The zero-order valence-corrected chi connectivity index (χ0v) is 12.2. The van der Waals surface area contributed by atoms with Crippen molar-refractivity contribution >= 4 is 26.6 Å². The molecule has 1 atom stereocenters. The summed E-state index contributed by atoms with van der Waals surface area (Å²) in [4.78, 5) is 27.0. The van der Waals surface area contributed by atoms with E-state index in [1.807, 2.05) is 0 Å². The average Bonchev–Trinajstić information content (AvgIpc) is 2.79. The van der Waals surface area contributed by atoms with E-state index in [0.717, 1.165) is 6.20 Å². The molecule has 1 saturated heterocycles. The first-order chi connectivity index (χ1) is 10.4. The molecule has 1 aromatic carbocycles. The number of aromatic amines is 1. The molecule has 0 spiro atoms. The molecule has 1 aromatic heterocycles. The zero-order chi connectivity index (χ0) is 15.9. The molecule has 22 heavy (non-hydrogen) atoms. The second kappa shape index (κ2) is 5.20. The Labute approximate surface area is 125 Å². The van der Waals surface area contributed by atoms with Gasteiger partial charge in [0.05, 0.1) is 17.0 Å². The van der Waals surface area contributed by atoms with Gasteiger partial charge in [-0.25, -0.2) is 12.8 Å². The van der Waals surface area contributed by atoms with E-state index in [4.69, 9.17) is 0 Å². The lowest BCUT2D eigenvalue weighted by atomic mass is 10.1. The van der Waals surface area contributed by atoms with E-state index in [9.17, 15) is 22.4 Å². The van der Waals surface area contributed by atoms with Crippen LogP contribution in [-0.2, 0) is 9.84 Å². The number of hydrogen-bond donors (Lipinski definition) is 2. The van der Waals surface area contributed by atoms with Crippen LogP contribution >= 0.6 is 0 Å². The number of H-pyrrole nitrogens is 1. The molecule has 3 rings (SSSR count). The highest BCUT2D eigenvalue weighted by Gasteiger charge is 2.29. The molecule has 8 heteroatoms. The Balaban J connectivity index is 1.92. The van der Waals surface area contributed by atoms with E-state index in [1.165, 1.54) is 18.2 Å². The molecule has 2 heterocycles. The zero-order valence-electron chi connectivity index (χ0n) is 11.4. The van der Waals surface area contributed by atoms with Crippen LogP contribution in [0.3, 0.4) is 0 Å². The van der Waals surface area contributed by atoms with Crippen molar-refractivity contribution in [1.29, 1.82) is 0 Å². The number of carbonyl (C=O) groups is 1. The van der Waals surface area contributed by atoms with Crippen LogP contribution < -0.4 is 10.7 Å². The third-order valence-electron chi connectivity index (χ3n) is 3.68. The van der Waals surface area contributed by atoms with Gasteiger partial charge in [-0.15, -0.1) is 0 Å². The second-order valence-corrected chi connectivity index (χ2v) is 7.50. The summed E-state index contributed by atoms with van der Waals surface area (Å²) in [5, 5.41) is 2.61. The first-order valence-electron chi connectivity index (χ1n) is 6.68.